The summed E-state index contributed by atoms with van der Waals surface area (Å²) >= 11 is 0. The van der Waals surface area contributed by atoms with Crippen LogP contribution in [0.1, 0.15) is 25.0 Å². The molecule has 1 rings (SSSR count). The van der Waals surface area contributed by atoms with E-state index in [4.69, 9.17) is 5.11 Å². The minimum Gasteiger partial charge on any atom is -0.481 e. The molecule has 0 radical (unpaired) electrons. The van der Waals surface area contributed by atoms with Gasteiger partial charge in [-0.1, -0.05) is 11.2 Å². The highest BCUT2D eigenvalue weighted by molar-refractivity contribution is 6.05. The number of aldehydes is 1. The largest absolute Gasteiger partial charge is 0.481 e. The number of unbranched alkanes of at least 4 members (excludes halogenated alkanes) is 1. The lowest BCUT2D eigenvalue weighted by Crippen LogP contribution is -1.93. The van der Waals surface area contributed by atoms with E-state index in [1.165, 1.54) is 6.26 Å². The molecule has 1 aromatic rings. The van der Waals surface area contributed by atoms with Gasteiger partial charge in [0.15, 0.2) is 6.29 Å². The van der Waals surface area contributed by atoms with Crippen LogP contribution in [0.4, 0.5) is 0 Å². The third kappa shape index (κ3) is 3.76. The molecular weight excluding hydrogens is 198 g/mol. The van der Waals surface area contributed by atoms with Crippen LogP contribution in [0.3, 0.4) is 0 Å². The molecule has 0 aliphatic rings. The molecule has 0 fully saturated rings. The highest BCUT2D eigenvalue weighted by atomic mass is 16.5. The quantitative estimate of drug-likeness (QED) is 0.436. The molecule has 80 valence electrons. The molecule has 5 nitrogen and oxygen atoms in total. The predicted molar refractivity (Wildman–Crippen MR) is 52.0 cm³/mol. The van der Waals surface area contributed by atoms with Gasteiger partial charge in [-0.25, -0.2) is 0 Å². The molecule has 1 aromatic heterocycles. The van der Waals surface area contributed by atoms with Crippen LogP contribution in [0.2, 0.25) is 0 Å². The number of aromatic nitrogens is 1. The average Bonchev–Trinajstić information content (AvgIpc) is 2.70. The first kappa shape index (κ1) is 11.2. The van der Waals surface area contributed by atoms with Crippen LogP contribution in [-0.2, 0) is 9.59 Å². The van der Waals surface area contributed by atoms with E-state index in [2.05, 4.69) is 9.68 Å². The second kappa shape index (κ2) is 5.74. The smallest absolute Gasteiger partial charge is 0.303 e. The zero-order valence-electron chi connectivity index (χ0n) is 8.05. The molecule has 15 heavy (non-hydrogen) atoms. The van der Waals surface area contributed by atoms with Crippen molar-refractivity contribution in [3.05, 3.63) is 24.1 Å². The molecule has 5 heteroatoms. The summed E-state index contributed by atoms with van der Waals surface area (Å²) in [6, 6.07) is 1.58. The SMILES string of the molecule is O=CC(=CCCCC(=O)O)c1ccon1. The van der Waals surface area contributed by atoms with Gasteiger partial charge in [0, 0.05) is 18.1 Å². The number of nitrogens with zero attached hydrogens (tertiary/aromatic N) is 1. The van der Waals surface area contributed by atoms with Crippen molar-refractivity contribution in [2.24, 2.45) is 0 Å². The number of carboxylic acid groups (broad SMARTS) is 1. The molecule has 0 unspecified atom stereocenters. The highest BCUT2D eigenvalue weighted by Gasteiger charge is 2.03. The molecule has 0 bridgehead atoms. The zero-order valence-corrected chi connectivity index (χ0v) is 8.05. The van der Waals surface area contributed by atoms with Crippen molar-refractivity contribution < 1.29 is 19.2 Å². The molecule has 0 saturated heterocycles. The summed E-state index contributed by atoms with van der Waals surface area (Å²) in [5.74, 6) is -0.836. The van der Waals surface area contributed by atoms with Gasteiger partial charge >= 0.3 is 5.97 Å². The first-order valence-corrected chi connectivity index (χ1v) is 4.52. The first-order chi connectivity index (χ1) is 7.24. The van der Waals surface area contributed by atoms with E-state index in [1.54, 1.807) is 12.1 Å². The maximum Gasteiger partial charge on any atom is 0.303 e. The zero-order chi connectivity index (χ0) is 11.1. The van der Waals surface area contributed by atoms with Crippen molar-refractivity contribution in [3.63, 3.8) is 0 Å². The van der Waals surface area contributed by atoms with Gasteiger partial charge in [0.2, 0.25) is 0 Å². The van der Waals surface area contributed by atoms with Crippen molar-refractivity contribution in [2.75, 3.05) is 0 Å². The summed E-state index contributed by atoms with van der Waals surface area (Å²) in [6.07, 6.45) is 4.86. The monoisotopic (exact) mass is 209 g/mol. The summed E-state index contributed by atoms with van der Waals surface area (Å²) < 4.78 is 4.60. The number of allylic oxidation sites excluding steroid dienone is 2. The predicted octanol–water partition coefficient (Wildman–Crippen LogP) is 1.51. The van der Waals surface area contributed by atoms with Gasteiger partial charge < -0.3 is 9.63 Å². The minimum absolute atomic E-state index is 0.0987. The Morgan fingerprint density at radius 2 is 2.40 bits per heavy atom. The third-order valence-electron chi connectivity index (χ3n) is 1.82. The standard InChI is InChI=1S/C10H11NO4/c12-7-8(9-5-6-15-11-9)3-1-2-4-10(13)14/h3,5-7H,1-2,4H2,(H,13,14). The van der Waals surface area contributed by atoms with Crippen molar-refractivity contribution in [3.8, 4) is 0 Å². The second-order valence-electron chi connectivity index (χ2n) is 2.95. The van der Waals surface area contributed by atoms with Gasteiger partial charge in [0.1, 0.15) is 12.0 Å². The minimum atomic E-state index is -0.836. The lowest BCUT2D eigenvalue weighted by molar-refractivity contribution is -0.137. The van der Waals surface area contributed by atoms with E-state index in [-0.39, 0.29) is 6.42 Å². The lowest BCUT2D eigenvalue weighted by atomic mass is 10.1. The Morgan fingerprint density at radius 1 is 1.60 bits per heavy atom. The van der Waals surface area contributed by atoms with Gasteiger partial charge in [0.25, 0.3) is 0 Å². The van der Waals surface area contributed by atoms with E-state index < -0.39 is 5.97 Å². The third-order valence-corrected chi connectivity index (χ3v) is 1.82. The maximum absolute atomic E-state index is 10.7. The Labute approximate surface area is 86.4 Å². The molecule has 0 aliphatic heterocycles. The van der Waals surface area contributed by atoms with E-state index >= 15 is 0 Å². The average molecular weight is 209 g/mol. The van der Waals surface area contributed by atoms with Gasteiger partial charge in [-0.05, 0) is 12.8 Å². The Hall–Kier alpha value is -1.91. The van der Waals surface area contributed by atoms with Crippen LogP contribution in [0.15, 0.2) is 22.9 Å². The Bertz CT molecular complexity index is 354. The van der Waals surface area contributed by atoms with Gasteiger partial charge in [0.05, 0.1) is 0 Å². The van der Waals surface area contributed by atoms with Crippen molar-refractivity contribution in [2.45, 2.75) is 19.3 Å². The number of rotatable bonds is 6. The summed E-state index contributed by atoms with van der Waals surface area (Å²) in [6.45, 7) is 0. The Kier molecular flexibility index (Phi) is 4.28. The van der Waals surface area contributed by atoms with Crippen LogP contribution >= 0.6 is 0 Å². The highest BCUT2D eigenvalue weighted by Crippen LogP contribution is 2.11. The van der Waals surface area contributed by atoms with Gasteiger partial charge in [-0.2, -0.15) is 0 Å². The normalized spacial score (nSPS) is 11.3. The maximum atomic E-state index is 10.7. The Morgan fingerprint density at radius 3 is 2.93 bits per heavy atom. The van der Waals surface area contributed by atoms with Crippen LogP contribution in [0.25, 0.3) is 5.57 Å². The molecule has 1 heterocycles. The fourth-order valence-corrected chi connectivity index (χ4v) is 1.09. The molecule has 0 spiro atoms. The van der Waals surface area contributed by atoms with E-state index in [0.717, 1.165) is 0 Å². The van der Waals surface area contributed by atoms with Crippen molar-refractivity contribution in [1.29, 1.82) is 0 Å². The number of carbonyl (C=O) groups is 2. The molecule has 0 atom stereocenters. The van der Waals surface area contributed by atoms with Crippen LogP contribution in [-0.4, -0.2) is 22.5 Å². The Balaban J connectivity index is 2.49. The van der Waals surface area contributed by atoms with Crippen LogP contribution in [0, 0.1) is 0 Å². The van der Waals surface area contributed by atoms with Crippen molar-refractivity contribution in [1.82, 2.24) is 5.16 Å². The van der Waals surface area contributed by atoms with E-state index in [9.17, 15) is 9.59 Å². The van der Waals surface area contributed by atoms with Crippen molar-refractivity contribution >= 4 is 17.8 Å². The number of carboxylic acids is 1. The molecular formula is C10H11NO4. The van der Waals surface area contributed by atoms with Gasteiger partial charge in [-0.3, -0.25) is 9.59 Å². The molecule has 1 N–H and O–H groups in total. The fourth-order valence-electron chi connectivity index (χ4n) is 1.09. The summed E-state index contributed by atoms with van der Waals surface area (Å²) in [7, 11) is 0. The lowest BCUT2D eigenvalue weighted by Gasteiger charge is -1.94. The fraction of sp³-hybridized carbons (Fsp3) is 0.300. The number of carbonyl (C=O) groups excluding carboxylic acids is 1. The van der Waals surface area contributed by atoms with Gasteiger partial charge in [-0.15, -0.1) is 0 Å². The molecule has 0 aromatic carbocycles. The van der Waals surface area contributed by atoms with Crippen LogP contribution in [0.5, 0.6) is 0 Å². The molecule has 0 amide bonds. The van der Waals surface area contributed by atoms with Crippen LogP contribution < -0.4 is 0 Å². The number of hydrogen-bond donors (Lipinski definition) is 1. The molecule has 0 aliphatic carbocycles. The summed E-state index contributed by atoms with van der Waals surface area (Å²) in [4.78, 5) is 20.9. The summed E-state index contributed by atoms with van der Waals surface area (Å²) in [5, 5.41) is 12.0. The second-order valence-corrected chi connectivity index (χ2v) is 2.95. The van der Waals surface area contributed by atoms with E-state index in [1.807, 2.05) is 0 Å². The number of aliphatic carboxylic acids is 1. The molecule has 0 saturated carbocycles. The van der Waals surface area contributed by atoms with E-state index in [0.29, 0.717) is 30.4 Å². The topological polar surface area (TPSA) is 80.4 Å². The first-order valence-electron chi connectivity index (χ1n) is 4.52. The number of hydrogen-bond acceptors (Lipinski definition) is 4. The summed E-state index contributed by atoms with van der Waals surface area (Å²) in [5.41, 5.74) is 0.898.